The van der Waals surface area contributed by atoms with Crippen molar-refractivity contribution in [1.82, 2.24) is 9.88 Å². The lowest BCUT2D eigenvalue weighted by molar-refractivity contribution is 0.240. The second-order valence-corrected chi connectivity index (χ2v) is 9.72. The van der Waals surface area contributed by atoms with Crippen LogP contribution in [-0.2, 0) is 12.8 Å². The van der Waals surface area contributed by atoms with E-state index in [-0.39, 0.29) is 5.82 Å². The molecule has 36 heavy (non-hydrogen) atoms. The predicted molar refractivity (Wildman–Crippen MR) is 153 cm³/mol. The first-order valence-electron chi connectivity index (χ1n) is 13.7. The summed E-state index contributed by atoms with van der Waals surface area (Å²) in [6.45, 7) is 16.1. The molecule has 0 bridgehead atoms. The molecule has 2 aromatic rings. The molecule has 0 spiro atoms. The lowest BCUT2D eigenvalue weighted by atomic mass is 9.96. The molecule has 196 valence electrons. The van der Waals surface area contributed by atoms with Crippen LogP contribution in [-0.4, -0.2) is 28.2 Å². The van der Waals surface area contributed by atoms with E-state index in [9.17, 15) is 0 Å². The Balaban J connectivity index is 2.23. The van der Waals surface area contributed by atoms with Crippen LogP contribution in [0.15, 0.2) is 59.5 Å². The molecule has 0 aliphatic carbocycles. The van der Waals surface area contributed by atoms with Gasteiger partial charge in [-0.2, -0.15) is 0 Å². The van der Waals surface area contributed by atoms with Crippen LogP contribution in [0.25, 0.3) is 0 Å². The second-order valence-electron chi connectivity index (χ2n) is 9.72. The molecule has 1 heterocycles. The van der Waals surface area contributed by atoms with Crippen LogP contribution in [0.1, 0.15) is 94.7 Å². The second kappa shape index (κ2) is 15.4. The Labute approximate surface area is 219 Å². The fourth-order valence-electron chi connectivity index (χ4n) is 4.66. The maximum atomic E-state index is 15.1. The van der Waals surface area contributed by atoms with Gasteiger partial charge in [0.15, 0.2) is 0 Å². The first-order chi connectivity index (χ1) is 17.3. The quantitative estimate of drug-likeness (QED) is 0.248. The monoisotopic (exact) mass is 491 g/mol. The van der Waals surface area contributed by atoms with Gasteiger partial charge in [0.25, 0.3) is 0 Å². The van der Waals surface area contributed by atoms with E-state index in [2.05, 4.69) is 62.7 Å². The average molecular weight is 492 g/mol. The van der Waals surface area contributed by atoms with Crippen molar-refractivity contribution in [2.24, 2.45) is 4.99 Å². The van der Waals surface area contributed by atoms with E-state index in [0.717, 1.165) is 78.7 Å². The van der Waals surface area contributed by atoms with E-state index in [0.29, 0.717) is 12.5 Å². The van der Waals surface area contributed by atoms with Gasteiger partial charge in [0.2, 0.25) is 0 Å². The van der Waals surface area contributed by atoms with E-state index >= 15 is 4.39 Å². The molecular formula is C32H46FN3. The predicted octanol–water partition coefficient (Wildman–Crippen LogP) is 8.53. The molecule has 3 nitrogen and oxygen atoms in total. The summed E-state index contributed by atoms with van der Waals surface area (Å²) in [5.74, 6) is -0.135. The number of hydrogen-bond acceptors (Lipinski definition) is 3. The highest BCUT2D eigenvalue weighted by atomic mass is 19.1. The molecule has 0 radical (unpaired) electrons. The van der Waals surface area contributed by atoms with E-state index < -0.39 is 0 Å². The van der Waals surface area contributed by atoms with Crippen molar-refractivity contribution in [2.45, 2.75) is 99.5 Å². The van der Waals surface area contributed by atoms with Crippen LogP contribution in [0.5, 0.6) is 0 Å². The van der Waals surface area contributed by atoms with Crippen LogP contribution >= 0.6 is 0 Å². The number of benzene rings is 1. The average Bonchev–Trinajstić information content (AvgIpc) is 2.86. The van der Waals surface area contributed by atoms with Crippen molar-refractivity contribution in [3.05, 3.63) is 88.3 Å². The number of aromatic nitrogens is 1. The molecule has 0 fully saturated rings. The molecule has 0 N–H and O–H groups in total. The summed E-state index contributed by atoms with van der Waals surface area (Å²) in [6, 6.07) is 8.38. The Morgan fingerprint density at radius 1 is 1.08 bits per heavy atom. The minimum Gasteiger partial charge on any atom is -0.372 e. The molecule has 1 aromatic heterocycles. The normalized spacial score (nSPS) is 12.7. The Hall–Kier alpha value is -2.75. The fourth-order valence-corrected chi connectivity index (χ4v) is 4.66. The molecule has 0 saturated heterocycles. The zero-order chi connectivity index (χ0) is 26.5. The maximum Gasteiger partial charge on any atom is 0.127 e. The van der Waals surface area contributed by atoms with Crippen LogP contribution < -0.4 is 0 Å². The Kier molecular flexibility index (Phi) is 12.6. The summed E-state index contributed by atoms with van der Waals surface area (Å²) < 4.78 is 15.1. The van der Waals surface area contributed by atoms with Crippen molar-refractivity contribution < 1.29 is 4.39 Å². The Morgan fingerprint density at radius 2 is 1.83 bits per heavy atom. The van der Waals surface area contributed by atoms with Gasteiger partial charge < -0.3 is 4.90 Å². The van der Waals surface area contributed by atoms with Gasteiger partial charge in [-0.05, 0) is 99.8 Å². The number of nitrogens with zero attached hydrogens (tertiary/aromatic N) is 3. The highest BCUT2D eigenvalue weighted by Crippen LogP contribution is 2.22. The molecule has 1 aromatic carbocycles. The number of rotatable bonds is 14. The van der Waals surface area contributed by atoms with Gasteiger partial charge in [0.1, 0.15) is 5.82 Å². The standard InChI is InChI=1S/C32H46FN3/c1-8-12-17-34-29(20-26(7)36(18-9-2)30(10-3)11-4)16-15-27-19-24(5)31(32(33)22-27)21-28-14-13-25(6)35-23-28/h12-14,17,19-20,22-23,30H,8-11,15-16,18,21H2,1-7H3/b17-12+,26-20+,34-29+. The van der Waals surface area contributed by atoms with E-state index in [1.807, 2.05) is 38.4 Å². The number of hydrogen-bond donors (Lipinski definition) is 0. The first kappa shape index (κ1) is 29.5. The molecular weight excluding hydrogens is 445 g/mol. The number of allylic oxidation sites excluding steroid dienone is 3. The van der Waals surface area contributed by atoms with Gasteiger partial charge in [0.05, 0.1) is 0 Å². The lowest BCUT2D eigenvalue weighted by Gasteiger charge is -2.33. The van der Waals surface area contributed by atoms with Crippen molar-refractivity contribution >= 4 is 5.71 Å². The largest absolute Gasteiger partial charge is 0.372 e. The van der Waals surface area contributed by atoms with Gasteiger partial charge in [-0.15, -0.1) is 0 Å². The zero-order valence-corrected chi connectivity index (χ0v) is 23.6. The van der Waals surface area contributed by atoms with Crippen molar-refractivity contribution in [1.29, 1.82) is 0 Å². The summed E-state index contributed by atoms with van der Waals surface area (Å²) in [4.78, 5) is 11.7. The maximum absolute atomic E-state index is 15.1. The van der Waals surface area contributed by atoms with Gasteiger partial charge in [-0.3, -0.25) is 9.98 Å². The molecule has 0 aliphatic rings. The molecule has 0 aliphatic heterocycles. The third-order valence-corrected chi connectivity index (χ3v) is 6.76. The topological polar surface area (TPSA) is 28.5 Å². The Morgan fingerprint density at radius 3 is 2.42 bits per heavy atom. The van der Waals surface area contributed by atoms with Crippen LogP contribution in [0.3, 0.4) is 0 Å². The number of aryl methyl sites for hydroxylation is 3. The smallest absolute Gasteiger partial charge is 0.127 e. The number of pyridine rings is 1. The van der Waals surface area contributed by atoms with Gasteiger partial charge in [-0.25, -0.2) is 4.39 Å². The van der Waals surface area contributed by atoms with Crippen molar-refractivity contribution in [3.63, 3.8) is 0 Å². The van der Waals surface area contributed by atoms with Gasteiger partial charge in [-0.1, -0.05) is 45.9 Å². The van der Waals surface area contributed by atoms with Crippen LogP contribution in [0.2, 0.25) is 0 Å². The Bertz CT molecular complexity index is 1010. The van der Waals surface area contributed by atoms with E-state index in [4.69, 9.17) is 4.99 Å². The molecule has 0 unspecified atom stereocenters. The van der Waals surface area contributed by atoms with E-state index in [1.54, 1.807) is 6.07 Å². The summed E-state index contributed by atoms with van der Waals surface area (Å²) in [6.07, 6.45) is 14.5. The van der Waals surface area contributed by atoms with E-state index in [1.165, 1.54) is 5.70 Å². The molecule has 0 amide bonds. The lowest BCUT2D eigenvalue weighted by Crippen LogP contribution is -2.34. The molecule has 4 heteroatoms. The van der Waals surface area contributed by atoms with Crippen LogP contribution in [0, 0.1) is 19.7 Å². The van der Waals surface area contributed by atoms with Gasteiger partial charge >= 0.3 is 0 Å². The number of halogens is 1. The third kappa shape index (κ3) is 9.04. The molecule has 0 saturated carbocycles. The molecule has 2 rings (SSSR count). The van der Waals surface area contributed by atoms with Crippen molar-refractivity contribution in [3.8, 4) is 0 Å². The third-order valence-electron chi connectivity index (χ3n) is 6.76. The SMILES string of the molecule is CC/C=C/N=C(/C=C(\C)N(CCC)C(CC)CC)CCc1cc(C)c(Cc2ccc(C)nc2)c(F)c1. The summed E-state index contributed by atoms with van der Waals surface area (Å²) >= 11 is 0. The van der Waals surface area contributed by atoms with Gasteiger partial charge in [0, 0.05) is 48.5 Å². The van der Waals surface area contributed by atoms with Crippen LogP contribution in [0.4, 0.5) is 4.39 Å². The highest BCUT2D eigenvalue weighted by Gasteiger charge is 2.15. The summed E-state index contributed by atoms with van der Waals surface area (Å²) in [7, 11) is 0. The minimum atomic E-state index is -0.135. The molecule has 0 atom stereocenters. The minimum absolute atomic E-state index is 0.135. The fraction of sp³-hybridized carbons (Fsp3) is 0.500. The summed E-state index contributed by atoms with van der Waals surface area (Å²) in [5, 5.41) is 0. The van der Waals surface area contributed by atoms with Crippen molar-refractivity contribution in [2.75, 3.05) is 6.54 Å². The zero-order valence-electron chi connectivity index (χ0n) is 23.6. The summed E-state index contributed by atoms with van der Waals surface area (Å²) in [5.41, 5.74) is 7.06. The first-order valence-corrected chi connectivity index (χ1v) is 13.7. The highest BCUT2D eigenvalue weighted by molar-refractivity contribution is 5.96. The number of aliphatic imine (C=N–C) groups is 1.